The highest BCUT2D eigenvalue weighted by atomic mass is 32.1. The van der Waals surface area contributed by atoms with Crippen LogP contribution in [0.15, 0.2) is 130 Å². The van der Waals surface area contributed by atoms with Gasteiger partial charge in [-0.25, -0.2) is 0 Å². The van der Waals surface area contributed by atoms with Crippen LogP contribution in [0, 0.1) is 11.8 Å². The molecule has 0 spiro atoms. The standard InChI is InChI=1S/C74H90N8O10S2/c83-69(19-5-1-3-7-21-73(87)91-53-81-65-47-59(27-23-55(65)25-29-71(81)85)89-43-11-9-33-75-35-39-77(40-36-75)63-15-13-17-67-61(63)31-45-93-67)79-49-57-51-80(52-58(57)50-79)70(84)20-6-2-4-8-22-74(88)92-54-82-66-48-60(28-24-56(66)26-30-72(82)86)90-44-12-10-34-76-37-41-78(42-38-76)64-16-14-18-68-62(64)32-46-94-68/h13-18,23-32,45-48,57-58H,1-12,19-22,33-44,49-54H2. The van der Waals surface area contributed by atoms with Crippen LogP contribution in [-0.2, 0) is 42.1 Å². The minimum absolute atomic E-state index is 0.150. The Balaban J connectivity index is 0.467. The number of carbonyl (C=O) groups is 4. The van der Waals surface area contributed by atoms with Gasteiger partial charge in [0.2, 0.25) is 11.8 Å². The lowest BCUT2D eigenvalue weighted by Gasteiger charge is -2.36. The highest BCUT2D eigenvalue weighted by molar-refractivity contribution is 7.17. The van der Waals surface area contributed by atoms with E-state index in [0.29, 0.717) is 99.4 Å². The Kier molecular flexibility index (Phi) is 23.0. The molecule has 4 fully saturated rings. The van der Waals surface area contributed by atoms with E-state index in [1.54, 1.807) is 34.8 Å². The summed E-state index contributed by atoms with van der Waals surface area (Å²) in [5.41, 5.74) is 3.48. The summed E-state index contributed by atoms with van der Waals surface area (Å²) in [4.78, 5) is 92.2. The van der Waals surface area contributed by atoms with Crippen LogP contribution in [0.1, 0.15) is 103 Å². The smallest absolute Gasteiger partial charge is 0.307 e. The van der Waals surface area contributed by atoms with E-state index in [-0.39, 0.29) is 61.2 Å². The monoisotopic (exact) mass is 1310 g/mol. The summed E-state index contributed by atoms with van der Waals surface area (Å²) in [5, 5.41) is 8.75. The fourth-order valence-corrected chi connectivity index (χ4v) is 15.7. The van der Waals surface area contributed by atoms with Crippen LogP contribution >= 0.6 is 22.7 Å². The lowest BCUT2D eigenvalue weighted by Crippen LogP contribution is -2.46. The van der Waals surface area contributed by atoms with Crippen LogP contribution in [-0.4, -0.2) is 157 Å². The number of hydrogen-bond acceptors (Lipinski definition) is 16. The van der Waals surface area contributed by atoms with Gasteiger partial charge in [0.05, 0.1) is 24.2 Å². The molecule has 20 heteroatoms. The molecule has 0 atom stereocenters. The van der Waals surface area contributed by atoms with Crippen LogP contribution in [0.2, 0.25) is 0 Å². The van der Waals surface area contributed by atoms with E-state index in [9.17, 15) is 28.8 Å². The fourth-order valence-electron chi connectivity index (χ4n) is 14.1. The van der Waals surface area contributed by atoms with Gasteiger partial charge >= 0.3 is 11.9 Å². The number of rotatable bonds is 32. The summed E-state index contributed by atoms with van der Waals surface area (Å²) in [6, 6.07) is 35.6. The second-order valence-corrected chi connectivity index (χ2v) is 27.8. The number of hydrogen-bond donors (Lipinski definition) is 0. The number of anilines is 2. The number of benzene rings is 4. The van der Waals surface area contributed by atoms with E-state index in [4.69, 9.17) is 18.9 Å². The number of esters is 2. The highest BCUT2D eigenvalue weighted by Crippen LogP contribution is 2.35. The van der Waals surface area contributed by atoms with Crippen molar-refractivity contribution in [2.24, 2.45) is 11.8 Å². The topological polar surface area (TPSA) is 169 Å². The van der Waals surface area contributed by atoms with Gasteiger partial charge in [0.15, 0.2) is 13.5 Å². The third-order valence-corrected chi connectivity index (χ3v) is 21.3. The van der Waals surface area contributed by atoms with Crippen molar-refractivity contribution in [3.63, 3.8) is 0 Å². The molecule has 4 aromatic heterocycles. The van der Waals surface area contributed by atoms with E-state index in [2.05, 4.69) is 78.9 Å². The maximum absolute atomic E-state index is 13.2. The van der Waals surface area contributed by atoms with E-state index in [1.807, 2.05) is 46.2 Å². The number of aromatic nitrogens is 2. The Bertz CT molecular complexity index is 3730. The average molecular weight is 1320 g/mol. The normalized spacial score (nSPS) is 17.0. The van der Waals surface area contributed by atoms with Crippen LogP contribution in [0.25, 0.3) is 42.0 Å². The first-order valence-corrected chi connectivity index (χ1v) is 36.1. The molecule has 4 aromatic carbocycles. The van der Waals surface area contributed by atoms with Gasteiger partial charge in [0.25, 0.3) is 11.1 Å². The maximum atomic E-state index is 13.2. The van der Waals surface area contributed by atoms with Crippen molar-refractivity contribution in [2.75, 3.05) is 115 Å². The van der Waals surface area contributed by atoms with Crippen LogP contribution in [0.5, 0.6) is 11.5 Å². The van der Waals surface area contributed by atoms with Crippen LogP contribution in [0.4, 0.5) is 11.4 Å². The average Bonchev–Trinajstić information content (AvgIpc) is 1.32. The number of fused-ring (bicyclic) bond motifs is 5. The van der Waals surface area contributed by atoms with E-state index in [1.165, 1.54) is 52.8 Å². The van der Waals surface area contributed by atoms with Gasteiger partial charge in [-0.05, 0) is 159 Å². The molecule has 8 aromatic rings. The molecule has 0 bridgehead atoms. The molecular formula is C74H90N8O10S2. The van der Waals surface area contributed by atoms with Gasteiger partial charge in [0.1, 0.15) is 11.5 Å². The predicted octanol–water partition coefficient (Wildman–Crippen LogP) is 12.0. The molecule has 4 aliphatic rings. The van der Waals surface area contributed by atoms with E-state index >= 15 is 0 Å². The van der Waals surface area contributed by atoms with Crippen molar-refractivity contribution in [3.05, 3.63) is 141 Å². The van der Waals surface area contributed by atoms with Crippen molar-refractivity contribution >= 4 is 99.8 Å². The number of unbranched alkanes of at least 4 members (excludes halogenated alkanes) is 8. The minimum atomic E-state index is -0.364. The number of ether oxygens (including phenoxy) is 4. The Morgan fingerprint density at radius 1 is 0.426 bits per heavy atom. The largest absolute Gasteiger partial charge is 0.494 e. The molecule has 18 nitrogen and oxygen atoms in total. The van der Waals surface area contributed by atoms with E-state index < -0.39 is 0 Å². The summed E-state index contributed by atoms with van der Waals surface area (Å²) in [6.07, 6.45) is 11.3. The summed E-state index contributed by atoms with van der Waals surface area (Å²) in [5.74, 6) is 1.50. The van der Waals surface area contributed by atoms with Gasteiger partial charge in [-0.3, -0.25) is 47.7 Å². The molecule has 0 unspecified atom stereocenters. The number of carbonyl (C=O) groups excluding carboxylic acids is 4. The third kappa shape index (κ3) is 17.2. The fraction of sp³-hybridized carbons (Fsp3) is 0.486. The Hall–Kier alpha value is -7.78. The number of thiophene rings is 2. The first kappa shape index (κ1) is 66.2. The summed E-state index contributed by atoms with van der Waals surface area (Å²) in [6.45, 7) is 13.8. The first-order chi connectivity index (χ1) is 46.1. The van der Waals surface area contributed by atoms with Gasteiger partial charge < -0.3 is 38.5 Å². The molecule has 4 aliphatic heterocycles. The summed E-state index contributed by atoms with van der Waals surface area (Å²) in [7, 11) is 0. The molecular weight excluding hydrogens is 1220 g/mol. The van der Waals surface area contributed by atoms with Gasteiger partial charge in [-0.2, -0.15) is 0 Å². The molecule has 8 heterocycles. The lowest BCUT2D eigenvalue weighted by atomic mass is 10.0. The highest BCUT2D eigenvalue weighted by Gasteiger charge is 2.42. The zero-order chi connectivity index (χ0) is 64.6. The summed E-state index contributed by atoms with van der Waals surface area (Å²) < 4.78 is 29.2. The van der Waals surface area contributed by atoms with Crippen molar-refractivity contribution in [2.45, 2.75) is 116 Å². The number of likely N-dealkylation sites (tertiary alicyclic amines) is 2. The lowest BCUT2D eigenvalue weighted by molar-refractivity contribution is -0.148. The first-order valence-electron chi connectivity index (χ1n) is 34.3. The van der Waals surface area contributed by atoms with Crippen LogP contribution in [0.3, 0.4) is 0 Å². The number of pyridine rings is 2. The number of amides is 2. The quantitative estimate of drug-likeness (QED) is 0.0288. The zero-order valence-electron chi connectivity index (χ0n) is 54.2. The molecule has 2 amide bonds. The van der Waals surface area contributed by atoms with Gasteiger partial charge in [-0.15, -0.1) is 22.7 Å². The Labute approximate surface area is 558 Å². The van der Waals surface area contributed by atoms with Crippen molar-refractivity contribution < 1.29 is 38.1 Å². The molecule has 12 rings (SSSR count). The van der Waals surface area contributed by atoms with Crippen molar-refractivity contribution in [1.29, 1.82) is 0 Å². The minimum Gasteiger partial charge on any atom is -0.494 e. The van der Waals surface area contributed by atoms with Crippen molar-refractivity contribution in [3.8, 4) is 11.5 Å². The Morgan fingerprint density at radius 2 is 0.830 bits per heavy atom. The van der Waals surface area contributed by atoms with Crippen LogP contribution < -0.4 is 30.4 Å². The molecule has 0 saturated carbocycles. The number of nitrogens with zero attached hydrogens (tertiary/aromatic N) is 8. The predicted molar refractivity (Wildman–Crippen MR) is 375 cm³/mol. The number of piperazine rings is 2. The second kappa shape index (κ2) is 32.6. The molecule has 0 aliphatic carbocycles. The summed E-state index contributed by atoms with van der Waals surface area (Å²) >= 11 is 3.59. The molecule has 498 valence electrons. The molecule has 0 N–H and O–H groups in total. The van der Waals surface area contributed by atoms with E-state index in [0.717, 1.165) is 140 Å². The second-order valence-electron chi connectivity index (χ2n) is 25.9. The molecule has 94 heavy (non-hydrogen) atoms. The third-order valence-electron chi connectivity index (χ3n) is 19.5. The van der Waals surface area contributed by atoms with Gasteiger partial charge in [-0.1, -0.05) is 37.8 Å². The van der Waals surface area contributed by atoms with Crippen molar-refractivity contribution in [1.82, 2.24) is 28.7 Å². The molecule has 4 saturated heterocycles. The Morgan fingerprint density at radius 3 is 1.26 bits per heavy atom. The molecule has 0 radical (unpaired) electrons. The zero-order valence-corrected chi connectivity index (χ0v) is 55.9. The SMILES string of the molecule is O=C(CCCCCCC(=O)N1CC2CN(C(=O)CCCCCCC(=O)OCn3c(=O)ccc4ccc(OCCCCN5CCN(c6cccc7sccc67)CC5)cc43)CC2C1)OCn1c(=O)ccc2ccc(OCCCCN3CCN(c4cccc5sccc45)CC3)cc21. The maximum Gasteiger partial charge on any atom is 0.307 e. The van der Waals surface area contributed by atoms with Gasteiger partial charge in [0, 0.05) is 172 Å².